The molecule has 58 valence electrons. The third-order valence-electron chi connectivity index (χ3n) is 1.53. The van der Waals surface area contributed by atoms with Crippen molar-refractivity contribution in [1.82, 2.24) is 0 Å². The standard InChI is InChI=1S/C10H11Cl/c1-2-10(11)8-9-6-4-3-5-7-9/h2-7H,8H2,1H3. The first kappa shape index (κ1) is 8.35. The lowest BCUT2D eigenvalue weighted by Crippen LogP contribution is -1.82. The number of halogens is 1. The van der Waals surface area contributed by atoms with Gasteiger partial charge in [0.1, 0.15) is 0 Å². The quantitative estimate of drug-likeness (QED) is 0.632. The molecule has 0 spiro atoms. The zero-order valence-corrected chi connectivity index (χ0v) is 7.31. The Morgan fingerprint density at radius 2 is 2.00 bits per heavy atom. The van der Waals surface area contributed by atoms with E-state index in [2.05, 4.69) is 12.1 Å². The Labute approximate surface area is 72.5 Å². The van der Waals surface area contributed by atoms with Crippen LogP contribution >= 0.6 is 11.6 Å². The Kier molecular flexibility index (Phi) is 3.18. The summed E-state index contributed by atoms with van der Waals surface area (Å²) in [5.41, 5.74) is 1.26. The second-order valence-corrected chi connectivity index (χ2v) is 2.88. The second kappa shape index (κ2) is 4.20. The predicted octanol–water partition coefficient (Wildman–Crippen LogP) is 3.37. The predicted molar refractivity (Wildman–Crippen MR) is 49.8 cm³/mol. The average molecular weight is 167 g/mol. The van der Waals surface area contributed by atoms with Gasteiger partial charge in [0, 0.05) is 11.5 Å². The molecule has 1 aromatic rings. The average Bonchev–Trinajstić information content (AvgIpc) is 2.06. The van der Waals surface area contributed by atoms with Crippen molar-refractivity contribution in [2.75, 3.05) is 0 Å². The van der Waals surface area contributed by atoms with Crippen LogP contribution in [0.5, 0.6) is 0 Å². The maximum absolute atomic E-state index is 5.86. The topological polar surface area (TPSA) is 0 Å². The first-order valence-electron chi connectivity index (χ1n) is 3.67. The first-order valence-corrected chi connectivity index (χ1v) is 4.05. The molecule has 0 radical (unpaired) electrons. The van der Waals surface area contributed by atoms with Crippen molar-refractivity contribution in [2.45, 2.75) is 13.3 Å². The molecule has 1 rings (SSSR count). The third kappa shape index (κ3) is 2.77. The number of allylic oxidation sites excluding steroid dienone is 2. The van der Waals surface area contributed by atoms with Crippen molar-refractivity contribution in [1.29, 1.82) is 0 Å². The summed E-state index contributed by atoms with van der Waals surface area (Å²) in [4.78, 5) is 0. The summed E-state index contributed by atoms with van der Waals surface area (Å²) in [7, 11) is 0. The third-order valence-corrected chi connectivity index (χ3v) is 1.88. The van der Waals surface area contributed by atoms with Gasteiger partial charge >= 0.3 is 0 Å². The van der Waals surface area contributed by atoms with Crippen molar-refractivity contribution < 1.29 is 0 Å². The van der Waals surface area contributed by atoms with Crippen LogP contribution in [0.1, 0.15) is 12.5 Å². The minimum atomic E-state index is 0.846. The molecule has 1 heteroatoms. The van der Waals surface area contributed by atoms with Gasteiger partial charge in [-0.3, -0.25) is 0 Å². The van der Waals surface area contributed by atoms with Crippen molar-refractivity contribution in [3.8, 4) is 0 Å². The summed E-state index contributed by atoms with van der Waals surface area (Å²) in [5.74, 6) is 0. The molecule has 1 aromatic carbocycles. The van der Waals surface area contributed by atoms with Crippen LogP contribution in [-0.4, -0.2) is 0 Å². The zero-order valence-electron chi connectivity index (χ0n) is 6.55. The number of benzene rings is 1. The van der Waals surface area contributed by atoms with E-state index in [9.17, 15) is 0 Å². The molecule has 0 aliphatic carbocycles. The number of hydrogen-bond donors (Lipinski definition) is 0. The van der Waals surface area contributed by atoms with Crippen LogP contribution in [-0.2, 0) is 6.42 Å². The minimum Gasteiger partial charge on any atom is -0.0891 e. The van der Waals surface area contributed by atoms with E-state index in [1.54, 1.807) is 0 Å². The maximum Gasteiger partial charge on any atom is 0.0182 e. The molecule has 0 aliphatic heterocycles. The molecule has 0 bridgehead atoms. The van der Waals surface area contributed by atoms with Crippen LogP contribution in [0.15, 0.2) is 41.4 Å². The minimum absolute atomic E-state index is 0.846. The summed E-state index contributed by atoms with van der Waals surface area (Å²) in [5, 5.41) is 0.899. The van der Waals surface area contributed by atoms with Gasteiger partial charge in [-0.2, -0.15) is 0 Å². The summed E-state index contributed by atoms with van der Waals surface area (Å²) >= 11 is 5.86. The lowest BCUT2D eigenvalue weighted by atomic mass is 10.1. The van der Waals surface area contributed by atoms with Crippen LogP contribution in [0.2, 0.25) is 0 Å². The van der Waals surface area contributed by atoms with Crippen molar-refractivity contribution in [3.63, 3.8) is 0 Å². The Morgan fingerprint density at radius 1 is 1.36 bits per heavy atom. The van der Waals surface area contributed by atoms with Crippen molar-refractivity contribution in [2.24, 2.45) is 0 Å². The molecular formula is C10H11Cl. The van der Waals surface area contributed by atoms with E-state index in [0.29, 0.717) is 0 Å². The molecule has 0 aliphatic rings. The van der Waals surface area contributed by atoms with Crippen molar-refractivity contribution >= 4 is 11.6 Å². The normalized spacial score (nSPS) is 11.6. The first-order chi connectivity index (χ1) is 5.33. The zero-order chi connectivity index (χ0) is 8.10. The van der Waals surface area contributed by atoms with Crippen LogP contribution in [0.25, 0.3) is 0 Å². The van der Waals surface area contributed by atoms with E-state index in [1.807, 2.05) is 31.2 Å². The molecule has 0 nitrogen and oxygen atoms in total. The fourth-order valence-electron chi connectivity index (χ4n) is 0.893. The summed E-state index contributed by atoms with van der Waals surface area (Å²) in [6.07, 6.45) is 2.77. The van der Waals surface area contributed by atoms with E-state index < -0.39 is 0 Å². The van der Waals surface area contributed by atoms with Crippen LogP contribution in [0.3, 0.4) is 0 Å². The van der Waals surface area contributed by atoms with Gasteiger partial charge in [0.2, 0.25) is 0 Å². The summed E-state index contributed by atoms with van der Waals surface area (Å²) < 4.78 is 0. The monoisotopic (exact) mass is 166 g/mol. The number of hydrogen-bond acceptors (Lipinski definition) is 0. The van der Waals surface area contributed by atoms with Gasteiger partial charge < -0.3 is 0 Å². The highest BCUT2D eigenvalue weighted by Crippen LogP contribution is 2.10. The maximum atomic E-state index is 5.86. The molecule has 0 saturated carbocycles. The van der Waals surface area contributed by atoms with Crippen LogP contribution in [0.4, 0.5) is 0 Å². The molecule has 0 atom stereocenters. The molecule has 0 amide bonds. The Bertz CT molecular complexity index is 236. The van der Waals surface area contributed by atoms with E-state index in [-0.39, 0.29) is 0 Å². The Balaban J connectivity index is 2.65. The van der Waals surface area contributed by atoms with Gasteiger partial charge in [-0.1, -0.05) is 48.0 Å². The Morgan fingerprint density at radius 3 is 2.55 bits per heavy atom. The molecule has 0 unspecified atom stereocenters. The largest absolute Gasteiger partial charge is 0.0891 e. The molecular weight excluding hydrogens is 156 g/mol. The molecule has 11 heavy (non-hydrogen) atoms. The molecule has 0 saturated heterocycles. The van der Waals surface area contributed by atoms with Crippen LogP contribution in [0, 0.1) is 0 Å². The summed E-state index contributed by atoms with van der Waals surface area (Å²) in [6, 6.07) is 10.2. The fourth-order valence-corrected chi connectivity index (χ4v) is 1.05. The highest BCUT2D eigenvalue weighted by molar-refractivity contribution is 6.29. The fraction of sp³-hybridized carbons (Fsp3) is 0.200. The van der Waals surface area contributed by atoms with E-state index >= 15 is 0 Å². The van der Waals surface area contributed by atoms with E-state index in [1.165, 1.54) is 5.56 Å². The molecule has 0 heterocycles. The molecule has 0 aromatic heterocycles. The second-order valence-electron chi connectivity index (χ2n) is 2.40. The lowest BCUT2D eigenvalue weighted by Gasteiger charge is -1.97. The van der Waals surface area contributed by atoms with Crippen molar-refractivity contribution in [3.05, 3.63) is 47.0 Å². The highest BCUT2D eigenvalue weighted by atomic mass is 35.5. The highest BCUT2D eigenvalue weighted by Gasteiger charge is 1.92. The van der Waals surface area contributed by atoms with Gasteiger partial charge in [-0.25, -0.2) is 0 Å². The lowest BCUT2D eigenvalue weighted by molar-refractivity contribution is 1.23. The van der Waals surface area contributed by atoms with Crippen LogP contribution < -0.4 is 0 Å². The summed E-state index contributed by atoms with van der Waals surface area (Å²) in [6.45, 7) is 1.95. The molecule has 0 N–H and O–H groups in total. The van der Waals surface area contributed by atoms with E-state index in [0.717, 1.165) is 11.5 Å². The molecule has 0 fully saturated rings. The number of rotatable bonds is 2. The Hall–Kier alpha value is -0.750. The smallest absolute Gasteiger partial charge is 0.0182 e. The van der Waals surface area contributed by atoms with E-state index in [4.69, 9.17) is 11.6 Å². The van der Waals surface area contributed by atoms with Gasteiger partial charge in [0.25, 0.3) is 0 Å². The SMILES string of the molecule is CC=C(Cl)Cc1ccccc1. The van der Waals surface area contributed by atoms with Gasteiger partial charge in [-0.05, 0) is 12.5 Å². The van der Waals surface area contributed by atoms with Gasteiger partial charge in [0.05, 0.1) is 0 Å². The van der Waals surface area contributed by atoms with Gasteiger partial charge in [-0.15, -0.1) is 0 Å². The van der Waals surface area contributed by atoms with Gasteiger partial charge in [0.15, 0.2) is 0 Å².